The molecule has 1 N–H and O–H groups in total. The number of nitro groups is 1. The van der Waals surface area contributed by atoms with Crippen LogP contribution in [-0.2, 0) is 12.2 Å². The normalized spacial score (nSPS) is 10.2. The van der Waals surface area contributed by atoms with Gasteiger partial charge < -0.3 is 0 Å². The Hall–Kier alpha value is -2.14. The van der Waals surface area contributed by atoms with Crippen molar-refractivity contribution in [2.24, 2.45) is 0 Å². The van der Waals surface area contributed by atoms with Gasteiger partial charge in [-0.15, -0.1) is 11.8 Å². The zero-order valence-electron chi connectivity index (χ0n) is 10.8. The highest BCUT2D eigenvalue weighted by Gasteiger charge is 2.06. The van der Waals surface area contributed by atoms with Crippen LogP contribution >= 0.6 is 11.8 Å². The predicted molar refractivity (Wildman–Crippen MR) is 82.3 cm³/mol. The highest BCUT2D eigenvalue weighted by Crippen LogP contribution is 2.17. The van der Waals surface area contributed by atoms with Crippen LogP contribution in [0.5, 0.6) is 0 Å². The van der Waals surface area contributed by atoms with E-state index in [0.29, 0.717) is 11.5 Å². The molecule has 0 unspecified atom stereocenters. The Morgan fingerprint density at radius 2 is 1.70 bits per heavy atom. The number of rotatable bonds is 5. The molecule has 0 amide bonds. The van der Waals surface area contributed by atoms with Gasteiger partial charge in [0.2, 0.25) is 0 Å². The second-order valence-electron chi connectivity index (χ2n) is 4.30. The molecule has 0 radical (unpaired) electrons. The molecule has 2 aromatic carbocycles. The SMILES string of the molecule is N=C(Cc1ccc([N+](=O)[O-])cc1)SCc1ccccc1. The van der Waals surface area contributed by atoms with Crippen molar-refractivity contribution < 1.29 is 4.92 Å². The van der Waals surface area contributed by atoms with E-state index >= 15 is 0 Å². The van der Waals surface area contributed by atoms with Gasteiger partial charge in [-0.05, 0) is 11.1 Å². The third-order valence-electron chi connectivity index (χ3n) is 2.77. The van der Waals surface area contributed by atoms with Gasteiger partial charge in [0.05, 0.1) is 9.97 Å². The summed E-state index contributed by atoms with van der Waals surface area (Å²) in [6.07, 6.45) is 0.509. The summed E-state index contributed by atoms with van der Waals surface area (Å²) in [6, 6.07) is 16.4. The number of nitrogens with one attached hydrogen (secondary N) is 1. The van der Waals surface area contributed by atoms with Gasteiger partial charge in [-0.3, -0.25) is 15.5 Å². The number of nitro benzene ring substituents is 1. The molecule has 20 heavy (non-hydrogen) atoms. The first-order valence-corrected chi connectivity index (χ1v) is 7.11. The first kappa shape index (κ1) is 14.3. The maximum atomic E-state index is 10.6. The van der Waals surface area contributed by atoms with Crippen molar-refractivity contribution in [3.05, 3.63) is 75.8 Å². The van der Waals surface area contributed by atoms with Crippen molar-refractivity contribution in [1.82, 2.24) is 0 Å². The Morgan fingerprint density at radius 3 is 2.30 bits per heavy atom. The van der Waals surface area contributed by atoms with Crippen LogP contribution in [0.3, 0.4) is 0 Å². The average Bonchev–Trinajstić information content (AvgIpc) is 2.47. The first-order valence-electron chi connectivity index (χ1n) is 6.12. The predicted octanol–water partition coefficient (Wildman–Crippen LogP) is 4.05. The van der Waals surface area contributed by atoms with Crippen LogP contribution in [0.15, 0.2) is 54.6 Å². The summed E-state index contributed by atoms with van der Waals surface area (Å²) in [5, 5.41) is 19.1. The van der Waals surface area contributed by atoms with E-state index in [-0.39, 0.29) is 5.69 Å². The van der Waals surface area contributed by atoms with Gasteiger partial charge >= 0.3 is 0 Å². The smallest absolute Gasteiger partial charge is 0.269 e. The number of hydrogen-bond acceptors (Lipinski definition) is 4. The lowest BCUT2D eigenvalue weighted by atomic mass is 10.1. The quantitative estimate of drug-likeness (QED) is 0.390. The number of hydrogen-bond donors (Lipinski definition) is 1. The minimum atomic E-state index is -0.417. The molecular weight excluding hydrogens is 272 g/mol. The summed E-state index contributed by atoms with van der Waals surface area (Å²) in [5.41, 5.74) is 2.18. The maximum absolute atomic E-state index is 10.6. The number of thioether (sulfide) groups is 1. The van der Waals surface area contributed by atoms with E-state index in [9.17, 15) is 10.1 Å². The number of benzene rings is 2. The highest BCUT2D eigenvalue weighted by atomic mass is 32.2. The fourth-order valence-electron chi connectivity index (χ4n) is 1.72. The summed E-state index contributed by atoms with van der Waals surface area (Å²) in [6.45, 7) is 0. The maximum Gasteiger partial charge on any atom is 0.269 e. The van der Waals surface area contributed by atoms with Crippen LogP contribution in [0.2, 0.25) is 0 Å². The van der Waals surface area contributed by atoms with E-state index in [1.165, 1.54) is 29.5 Å². The Morgan fingerprint density at radius 1 is 1.05 bits per heavy atom. The average molecular weight is 286 g/mol. The summed E-state index contributed by atoms with van der Waals surface area (Å²) in [5.74, 6) is 0.770. The van der Waals surface area contributed by atoms with Gasteiger partial charge in [0.1, 0.15) is 0 Å². The lowest BCUT2D eigenvalue weighted by Crippen LogP contribution is -1.98. The molecule has 2 rings (SSSR count). The molecule has 2 aromatic rings. The molecule has 4 nitrogen and oxygen atoms in total. The molecule has 0 atom stereocenters. The van der Waals surface area contributed by atoms with Crippen molar-refractivity contribution in [2.45, 2.75) is 12.2 Å². The standard InChI is InChI=1S/C15H14N2O2S/c16-15(20-11-13-4-2-1-3-5-13)10-12-6-8-14(9-7-12)17(18)19/h1-9,16H,10-11H2. The van der Waals surface area contributed by atoms with Crippen LogP contribution < -0.4 is 0 Å². The van der Waals surface area contributed by atoms with Gasteiger partial charge in [-0.25, -0.2) is 0 Å². The van der Waals surface area contributed by atoms with Crippen LogP contribution in [-0.4, -0.2) is 9.97 Å². The Balaban J connectivity index is 1.86. The van der Waals surface area contributed by atoms with Crippen molar-refractivity contribution >= 4 is 22.5 Å². The molecule has 0 saturated carbocycles. The van der Waals surface area contributed by atoms with Gasteiger partial charge in [0.15, 0.2) is 0 Å². The van der Waals surface area contributed by atoms with Gasteiger partial charge in [-0.2, -0.15) is 0 Å². The molecule has 0 aliphatic heterocycles. The molecular formula is C15H14N2O2S. The van der Waals surface area contributed by atoms with Gasteiger partial charge in [0, 0.05) is 24.3 Å². The molecule has 0 aromatic heterocycles. The molecule has 0 spiro atoms. The Kier molecular flexibility index (Phi) is 4.90. The van der Waals surface area contributed by atoms with Crippen molar-refractivity contribution in [3.63, 3.8) is 0 Å². The van der Waals surface area contributed by atoms with Crippen molar-refractivity contribution in [3.8, 4) is 0 Å². The third-order valence-corrected chi connectivity index (χ3v) is 3.74. The van der Waals surface area contributed by atoms with E-state index < -0.39 is 4.92 Å². The van der Waals surface area contributed by atoms with Crippen LogP contribution in [0.25, 0.3) is 0 Å². The summed E-state index contributed by atoms with van der Waals surface area (Å²) in [4.78, 5) is 10.1. The monoisotopic (exact) mass is 286 g/mol. The Bertz CT molecular complexity index is 597. The summed E-state index contributed by atoms with van der Waals surface area (Å²) in [7, 11) is 0. The summed E-state index contributed by atoms with van der Waals surface area (Å²) < 4.78 is 0. The van der Waals surface area contributed by atoms with Crippen molar-refractivity contribution in [1.29, 1.82) is 5.41 Å². The van der Waals surface area contributed by atoms with E-state index in [4.69, 9.17) is 5.41 Å². The zero-order chi connectivity index (χ0) is 14.4. The van der Waals surface area contributed by atoms with E-state index in [1.807, 2.05) is 30.3 Å². The lowest BCUT2D eigenvalue weighted by molar-refractivity contribution is -0.384. The second kappa shape index (κ2) is 6.86. The molecule has 0 aliphatic rings. The topological polar surface area (TPSA) is 67.0 Å². The van der Waals surface area contributed by atoms with Crippen LogP contribution in [0.1, 0.15) is 11.1 Å². The minimum absolute atomic E-state index is 0.0808. The number of non-ortho nitro benzene ring substituents is 1. The van der Waals surface area contributed by atoms with Crippen LogP contribution in [0, 0.1) is 15.5 Å². The second-order valence-corrected chi connectivity index (χ2v) is 5.37. The largest absolute Gasteiger partial charge is 0.298 e. The summed E-state index contributed by atoms with van der Waals surface area (Å²) >= 11 is 1.48. The van der Waals surface area contributed by atoms with E-state index in [2.05, 4.69) is 0 Å². The highest BCUT2D eigenvalue weighted by molar-refractivity contribution is 8.13. The van der Waals surface area contributed by atoms with Crippen molar-refractivity contribution in [2.75, 3.05) is 0 Å². The minimum Gasteiger partial charge on any atom is -0.298 e. The zero-order valence-corrected chi connectivity index (χ0v) is 11.6. The number of nitrogens with zero attached hydrogens (tertiary/aromatic N) is 1. The lowest BCUT2D eigenvalue weighted by Gasteiger charge is -2.04. The van der Waals surface area contributed by atoms with E-state index in [1.54, 1.807) is 12.1 Å². The first-order chi connectivity index (χ1) is 9.65. The van der Waals surface area contributed by atoms with E-state index in [0.717, 1.165) is 11.3 Å². The molecule has 102 valence electrons. The van der Waals surface area contributed by atoms with Crippen LogP contribution in [0.4, 0.5) is 5.69 Å². The fourth-order valence-corrected chi connectivity index (χ4v) is 2.52. The molecule has 0 fully saturated rings. The third kappa shape index (κ3) is 4.20. The molecule has 5 heteroatoms. The molecule has 0 bridgehead atoms. The fraction of sp³-hybridized carbons (Fsp3) is 0.133. The Labute approximate surface area is 121 Å². The van der Waals surface area contributed by atoms with Gasteiger partial charge in [0.25, 0.3) is 5.69 Å². The molecule has 0 saturated heterocycles. The molecule has 0 aliphatic carbocycles. The van der Waals surface area contributed by atoms with Gasteiger partial charge in [-0.1, -0.05) is 42.5 Å². The molecule has 0 heterocycles.